The number of rotatable bonds is 12. The van der Waals surface area contributed by atoms with Crippen molar-refractivity contribution in [3.63, 3.8) is 0 Å². The van der Waals surface area contributed by atoms with Crippen LogP contribution in [0.4, 0.5) is 28.2 Å². The Morgan fingerprint density at radius 1 is 0.814 bits per heavy atom. The van der Waals surface area contributed by atoms with E-state index in [-0.39, 0.29) is 31.1 Å². The van der Waals surface area contributed by atoms with Gasteiger partial charge in [-0.1, -0.05) is 24.3 Å². The maximum Gasteiger partial charge on any atom is 0.407 e. The average Bonchev–Trinajstić information content (AvgIpc) is 3.70. The summed E-state index contributed by atoms with van der Waals surface area (Å²) < 4.78 is 45.1. The lowest BCUT2D eigenvalue weighted by molar-refractivity contribution is 0.122. The SMILES string of the molecule is COc1ccc(CN(Cc2ccc(OC)cc2)c2ncc(-c3nc(N4CCOCC4)nc4c3CCN4c3ccc(S(=O)(=O)N4CCN(C(=O)O)CC4)cc3C)cn2)cc1. The standard InChI is InChI=1S/C42H47N9O7S/c1-29-24-35(59(54,55)50-18-16-48(17-19-50)42(52)53)12-13-37(29)51-15-14-36-38(45-41(46-39(36)51)47-20-22-58-23-21-47)32-25-43-40(44-26-32)49(27-30-4-8-33(56-2)9-5-30)28-31-6-10-34(57-3)11-7-31/h4-13,24-26H,14-23,27-28H2,1-3H3,(H,52,53). The Morgan fingerprint density at radius 2 is 1.42 bits per heavy atom. The van der Waals surface area contributed by atoms with Crippen LogP contribution in [0.25, 0.3) is 11.3 Å². The van der Waals surface area contributed by atoms with Gasteiger partial charge in [-0.2, -0.15) is 9.29 Å². The van der Waals surface area contributed by atoms with E-state index >= 15 is 0 Å². The second kappa shape index (κ2) is 17.1. The molecule has 308 valence electrons. The van der Waals surface area contributed by atoms with Crippen LogP contribution in [0.5, 0.6) is 11.5 Å². The number of sulfonamides is 1. The Morgan fingerprint density at radius 3 is 1.98 bits per heavy atom. The Kier molecular flexibility index (Phi) is 11.5. The summed E-state index contributed by atoms with van der Waals surface area (Å²) in [6, 6.07) is 21.1. The molecule has 0 bridgehead atoms. The van der Waals surface area contributed by atoms with Gasteiger partial charge < -0.3 is 38.9 Å². The number of amides is 1. The van der Waals surface area contributed by atoms with Crippen LogP contribution in [0.15, 0.2) is 84.0 Å². The highest BCUT2D eigenvalue weighted by atomic mass is 32.2. The Hall–Kier alpha value is -6.04. The predicted molar refractivity (Wildman–Crippen MR) is 222 cm³/mol. The van der Waals surface area contributed by atoms with E-state index in [1.165, 1.54) is 9.21 Å². The molecule has 2 aromatic heterocycles. The van der Waals surface area contributed by atoms with Crippen LogP contribution in [0.2, 0.25) is 0 Å². The fourth-order valence-corrected chi connectivity index (χ4v) is 9.20. The van der Waals surface area contributed by atoms with Gasteiger partial charge in [0.25, 0.3) is 0 Å². The lowest BCUT2D eigenvalue weighted by Crippen LogP contribution is -2.50. The molecule has 1 amide bonds. The molecular formula is C42H47N9O7S. The molecule has 0 saturated carbocycles. The van der Waals surface area contributed by atoms with Gasteiger partial charge >= 0.3 is 6.09 Å². The molecule has 16 nitrogen and oxygen atoms in total. The number of anilines is 4. The highest BCUT2D eigenvalue weighted by Crippen LogP contribution is 2.41. The Balaban J connectivity index is 1.10. The highest BCUT2D eigenvalue weighted by molar-refractivity contribution is 7.89. The van der Waals surface area contributed by atoms with Crippen molar-refractivity contribution in [3.05, 3.63) is 101 Å². The molecule has 17 heteroatoms. The second-order valence-corrected chi connectivity index (χ2v) is 16.6. The topological polar surface area (TPSA) is 167 Å². The van der Waals surface area contributed by atoms with E-state index in [4.69, 9.17) is 34.1 Å². The highest BCUT2D eigenvalue weighted by Gasteiger charge is 2.33. The number of morpholine rings is 1. The van der Waals surface area contributed by atoms with Gasteiger partial charge in [0, 0.05) is 88.1 Å². The maximum atomic E-state index is 13.7. The number of hydrogen-bond acceptors (Lipinski definition) is 13. The molecule has 1 N–H and O–H groups in total. The molecule has 2 fully saturated rings. The fourth-order valence-electron chi connectivity index (χ4n) is 7.69. The Labute approximate surface area is 343 Å². The van der Waals surface area contributed by atoms with Crippen LogP contribution >= 0.6 is 0 Å². The molecule has 3 aromatic carbocycles. The van der Waals surface area contributed by atoms with Crippen LogP contribution in [-0.4, -0.2) is 122 Å². The van der Waals surface area contributed by atoms with Crippen molar-refractivity contribution in [1.82, 2.24) is 29.1 Å². The van der Waals surface area contributed by atoms with E-state index in [1.807, 2.05) is 73.9 Å². The van der Waals surface area contributed by atoms with Gasteiger partial charge in [-0.25, -0.2) is 28.2 Å². The van der Waals surface area contributed by atoms with Gasteiger partial charge in [0.1, 0.15) is 17.3 Å². The molecule has 0 aliphatic carbocycles. The molecule has 3 aliphatic heterocycles. The molecule has 5 aromatic rings. The third-order valence-corrected chi connectivity index (χ3v) is 12.9. The molecule has 0 spiro atoms. The van der Waals surface area contributed by atoms with Crippen molar-refractivity contribution in [2.75, 3.05) is 87.9 Å². The van der Waals surface area contributed by atoms with Crippen molar-refractivity contribution in [3.8, 4) is 22.8 Å². The third-order valence-electron chi connectivity index (χ3n) is 11.0. The minimum atomic E-state index is -3.83. The Bertz CT molecular complexity index is 2340. The quantitative estimate of drug-likeness (QED) is 0.179. The zero-order chi connectivity index (χ0) is 41.1. The normalized spacial score (nSPS) is 15.9. The van der Waals surface area contributed by atoms with Gasteiger partial charge in [-0.05, 0) is 72.5 Å². The number of aryl methyl sites for hydroxylation is 1. The number of carboxylic acid groups (broad SMARTS) is 1. The number of aromatic nitrogens is 4. The first-order valence-corrected chi connectivity index (χ1v) is 21.0. The first-order valence-electron chi connectivity index (χ1n) is 19.5. The molecule has 2 saturated heterocycles. The number of hydrogen-bond donors (Lipinski definition) is 1. The largest absolute Gasteiger partial charge is 0.497 e. The molecule has 0 unspecified atom stereocenters. The first kappa shape index (κ1) is 39.8. The van der Waals surface area contributed by atoms with Crippen molar-refractivity contribution >= 4 is 39.5 Å². The van der Waals surface area contributed by atoms with Crippen LogP contribution in [0.1, 0.15) is 22.3 Å². The van der Waals surface area contributed by atoms with Crippen LogP contribution in [0, 0.1) is 6.92 Å². The van der Waals surface area contributed by atoms with Gasteiger partial charge in [0.2, 0.25) is 21.9 Å². The monoisotopic (exact) mass is 821 g/mol. The van der Waals surface area contributed by atoms with E-state index in [0.717, 1.165) is 56.5 Å². The zero-order valence-electron chi connectivity index (χ0n) is 33.3. The van der Waals surface area contributed by atoms with E-state index in [1.54, 1.807) is 26.4 Å². The lowest BCUT2D eigenvalue weighted by atomic mass is 10.1. The van der Waals surface area contributed by atoms with E-state index in [2.05, 4.69) is 14.7 Å². The number of nitrogens with zero attached hydrogens (tertiary/aromatic N) is 9. The van der Waals surface area contributed by atoms with Gasteiger partial charge in [0.05, 0.1) is 38.0 Å². The molecule has 8 rings (SSSR count). The summed E-state index contributed by atoms with van der Waals surface area (Å²) in [5.41, 5.74) is 6.25. The number of methoxy groups -OCH3 is 2. The van der Waals surface area contributed by atoms with Crippen molar-refractivity contribution < 1.29 is 32.5 Å². The first-order chi connectivity index (χ1) is 28.6. The number of fused-ring (bicyclic) bond motifs is 1. The smallest absolute Gasteiger partial charge is 0.407 e. The van der Waals surface area contributed by atoms with Crippen LogP contribution in [0.3, 0.4) is 0 Å². The molecule has 3 aliphatic rings. The summed E-state index contributed by atoms with van der Waals surface area (Å²) in [4.78, 5) is 39.3. The molecule has 5 heterocycles. The fraction of sp³-hybridized carbons (Fsp3) is 0.357. The molecule has 0 atom stereocenters. The second-order valence-electron chi connectivity index (χ2n) is 14.6. The van der Waals surface area contributed by atoms with E-state index in [9.17, 15) is 18.3 Å². The van der Waals surface area contributed by atoms with Crippen molar-refractivity contribution in [2.24, 2.45) is 0 Å². The van der Waals surface area contributed by atoms with Gasteiger partial charge in [-0.3, -0.25) is 0 Å². The van der Waals surface area contributed by atoms with Gasteiger partial charge in [-0.15, -0.1) is 0 Å². The summed E-state index contributed by atoms with van der Waals surface area (Å²) in [6.07, 6.45) is 3.26. The average molecular weight is 822 g/mol. The number of ether oxygens (including phenoxy) is 3. The molecule has 0 radical (unpaired) electrons. The molecule has 59 heavy (non-hydrogen) atoms. The number of piperazine rings is 1. The van der Waals surface area contributed by atoms with Gasteiger partial charge in [0.15, 0.2) is 0 Å². The summed E-state index contributed by atoms with van der Waals surface area (Å²) >= 11 is 0. The van der Waals surface area contributed by atoms with Crippen molar-refractivity contribution in [2.45, 2.75) is 31.3 Å². The zero-order valence-corrected chi connectivity index (χ0v) is 34.1. The lowest BCUT2D eigenvalue weighted by Gasteiger charge is -2.32. The number of benzene rings is 3. The summed E-state index contributed by atoms with van der Waals surface area (Å²) in [5.74, 6) is 3.47. The summed E-state index contributed by atoms with van der Waals surface area (Å²) in [7, 11) is -0.521. The summed E-state index contributed by atoms with van der Waals surface area (Å²) in [6.45, 7) is 6.53. The number of carbonyl (C=O) groups is 1. The van der Waals surface area contributed by atoms with Crippen LogP contribution < -0.4 is 24.2 Å². The van der Waals surface area contributed by atoms with E-state index < -0.39 is 16.1 Å². The van der Waals surface area contributed by atoms with E-state index in [0.29, 0.717) is 64.3 Å². The predicted octanol–water partition coefficient (Wildman–Crippen LogP) is 4.98. The summed E-state index contributed by atoms with van der Waals surface area (Å²) in [5, 5.41) is 9.33. The minimum Gasteiger partial charge on any atom is -0.497 e. The van der Waals surface area contributed by atoms with Crippen LogP contribution in [-0.2, 0) is 34.3 Å². The third kappa shape index (κ3) is 8.44. The minimum absolute atomic E-state index is 0.104. The molecular weight excluding hydrogens is 775 g/mol. The maximum absolute atomic E-state index is 13.7. The van der Waals surface area contributed by atoms with Crippen molar-refractivity contribution in [1.29, 1.82) is 0 Å².